The second-order valence-electron chi connectivity index (χ2n) is 8.04. The van der Waals surface area contributed by atoms with Crippen LogP contribution in [0, 0.1) is 12.3 Å². The summed E-state index contributed by atoms with van der Waals surface area (Å²) in [4.78, 5) is 11.3. The van der Waals surface area contributed by atoms with Crippen molar-refractivity contribution < 1.29 is 0 Å². The summed E-state index contributed by atoms with van der Waals surface area (Å²) in [5, 5.41) is 5.40. The van der Waals surface area contributed by atoms with Crippen molar-refractivity contribution in [3.63, 3.8) is 0 Å². The molecule has 1 aliphatic rings. The normalized spacial score (nSPS) is 17.5. The van der Waals surface area contributed by atoms with E-state index >= 15 is 0 Å². The Kier molecular flexibility index (Phi) is 5.29. The summed E-state index contributed by atoms with van der Waals surface area (Å²) in [7, 11) is 0. The fourth-order valence-electron chi connectivity index (χ4n) is 2.95. The van der Waals surface area contributed by atoms with Crippen molar-refractivity contribution in [1.29, 1.82) is 0 Å². The number of anilines is 1. The molecule has 0 aliphatic heterocycles. The molecule has 0 amide bonds. The van der Waals surface area contributed by atoms with Gasteiger partial charge in [-0.05, 0) is 30.9 Å². The van der Waals surface area contributed by atoms with Gasteiger partial charge in [-0.2, -0.15) is 5.10 Å². The molecule has 1 fully saturated rings. The number of nitrogen functional groups attached to an aromatic ring is 1. The van der Waals surface area contributed by atoms with Crippen LogP contribution in [-0.4, -0.2) is 24.7 Å². The van der Waals surface area contributed by atoms with E-state index in [0.717, 1.165) is 29.5 Å². The monoisotopic (exact) mass is 386 g/mol. The van der Waals surface area contributed by atoms with Crippen molar-refractivity contribution in [3.05, 3.63) is 52.8 Å². The van der Waals surface area contributed by atoms with E-state index in [1.54, 1.807) is 6.20 Å². The van der Waals surface area contributed by atoms with Gasteiger partial charge in [0.1, 0.15) is 5.82 Å². The largest absolute Gasteiger partial charge is 0.369 e. The summed E-state index contributed by atoms with van der Waals surface area (Å²) in [6, 6.07) is 7.82. The number of rotatable bonds is 3. The number of imidazole rings is 1. The molecule has 0 saturated heterocycles. The minimum Gasteiger partial charge on any atom is -0.369 e. The molecule has 1 aliphatic carbocycles. The fourth-order valence-corrected chi connectivity index (χ4v) is 3.17. The van der Waals surface area contributed by atoms with Gasteiger partial charge in [-0.15, -0.1) is 0 Å². The first-order valence-corrected chi connectivity index (χ1v) is 9.55. The number of nitrogens with two attached hydrogens (primary N) is 1. The first kappa shape index (κ1) is 19.4. The first-order chi connectivity index (χ1) is 12.7. The lowest BCUT2D eigenvalue weighted by molar-refractivity contribution is 0.599. The van der Waals surface area contributed by atoms with Gasteiger partial charge in [0.15, 0.2) is 11.8 Å². The van der Waals surface area contributed by atoms with Gasteiger partial charge in [-0.1, -0.05) is 51.4 Å². The number of halogens is 1. The minimum absolute atomic E-state index is 0.319. The van der Waals surface area contributed by atoms with Crippen molar-refractivity contribution in [2.45, 2.75) is 52.9 Å². The number of para-hydroxylation sites is 1. The molecule has 7 heteroatoms. The number of H-pyrrole nitrogens is 1. The summed E-state index contributed by atoms with van der Waals surface area (Å²) < 4.78 is 1.94. The highest BCUT2D eigenvalue weighted by atomic mass is 35.5. The average molecular weight is 387 g/mol. The van der Waals surface area contributed by atoms with Crippen LogP contribution in [-0.2, 0) is 0 Å². The summed E-state index contributed by atoms with van der Waals surface area (Å²) in [5.74, 6) is 3.21. The quantitative estimate of drug-likeness (QED) is 0.673. The number of nitrogens with one attached hydrogen (secondary N) is 1. The van der Waals surface area contributed by atoms with E-state index in [1.165, 1.54) is 0 Å². The third kappa shape index (κ3) is 4.33. The van der Waals surface area contributed by atoms with Gasteiger partial charge < -0.3 is 10.7 Å². The van der Waals surface area contributed by atoms with Crippen LogP contribution >= 0.6 is 11.6 Å². The van der Waals surface area contributed by atoms with E-state index in [0.29, 0.717) is 28.2 Å². The standard InChI is InChI=1S/C16H20ClN3.C4H7N3/c1-10(2)14-18-15(11-9-16(11,3)4)20(19-14)13-8-6-5-7-12(13)17;1-3-2-6-4(5)7-3/h5-8,10-11H,9H2,1-4H3;2H,1H3,(H3,5,6,7)/t11-;/m0./s1. The van der Waals surface area contributed by atoms with Crippen LogP contribution < -0.4 is 5.73 Å². The molecule has 2 aromatic heterocycles. The molecule has 4 rings (SSSR count). The van der Waals surface area contributed by atoms with Gasteiger partial charge in [-0.25, -0.2) is 14.6 Å². The van der Waals surface area contributed by atoms with Crippen LogP contribution in [0.5, 0.6) is 0 Å². The van der Waals surface area contributed by atoms with Gasteiger partial charge in [0.25, 0.3) is 0 Å². The van der Waals surface area contributed by atoms with E-state index in [2.05, 4.69) is 42.8 Å². The van der Waals surface area contributed by atoms with Crippen LogP contribution in [0.15, 0.2) is 30.5 Å². The molecule has 1 atom stereocenters. The topological polar surface area (TPSA) is 85.4 Å². The molecule has 1 saturated carbocycles. The predicted molar refractivity (Wildman–Crippen MR) is 109 cm³/mol. The Balaban J connectivity index is 0.000000253. The van der Waals surface area contributed by atoms with Gasteiger partial charge in [-0.3, -0.25) is 0 Å². The van der Waals surface area contributed by atoms with Gasteiger partial charge in [0.05, 0.1) is 10.7 Å². The molecule has 6 nitrogen and oxygen atoms in total. The molecule has 3 aromatic rings. The van der Waals surface area contributed by atoms with Gasteiger partial charge in [0, 0.05) is 23.7 Å². The second-order valence-corrected chi connectivity index (χ2v) is 8.45. The zero-order valence-electron chi connectivity index (χ0n) is 16.5. The Labute approximate surface area is 165 Å². The third-order valence-corrected chi connectivity index (χ3v) is 5.11. The summed E-state index contributed by atoms with van der Waals surface area (Å²) in [5.41, 5.74) is 7.45. The van der Waals surface area contributed by atoms with Crippen molar-refractivity contribution in [1.82, 2.24) is 24.7 Å². The van der Waals surface area contributed by atoms with Crippen molar-refractivity contribution in [2.24, 2.45) is 5.41 Å². The molecular formula is C20H27ClN6. The molecule has 27 heavy (non-hydrogen) atoms. The molecule has 3 N–H and O–H groups in total. The van der Waals surface area contributed by atoms with Crippen LogP contribution in [0.25, 0.3) is 5.69 Å². The number of benzene rings is 1. The lowest BCUT2D eigenvalue weighted by Crippen LogP contribution is -2.05. The van der Waals surface area contributed by atoms with E-state index in [1.807, 2.05) is 35.9 Å². The molecule has 0 radical (unpaired) electrons. The number of hydrogen-bond acceptors (Lipinski definition) is 4. The SMILES string of the molecule is CC(C)c1nc([C@@H]2CC2(C)C)n(-c2ccccc2Cl)n1.Cc1cnc(N)[nH]1. The van der Waals surface area contributed by atoms with E-state index in [-0.39, 0.29) is 0 Å². The molecule has 0 unspecified atom stereocenters. The van der Waals surface area contributed by atoms with Crippen LogP contribution in [0.1, 0.15) is 63.3 Å². The Hall–Kier alpha value is -2.34. The molecule has 2 heterocycles. The lowest BCUT2D eigenvalue weighted by Gasteiger charge is -2.08. The van der Waals surface area contributed by atoms with Gasteiger partial charge in [0.2, 0.25) is 0 Å². The lowest BCUT2D eigenvalue weighted by atomic mass is 10.1. The maximum atomic E-state index is 6.33. The van der Waals surface area contributed by atoms with Crippen molar-refractivity contribution >= 4 is 17.5 Å². The maximum absolute atomic E-state index is 6.33. The molecule has 0 bridgehead atoms. The molecular weight excluding hydrogens is 360 g/mol. The Morgan fingerprint density at radius 1 is 1.30 bits per heavy atom. The number of aryl methyl sites for hydroxylation is 1. The predicted octanol–water partition coefficient (Wildman–Crippen LogP) is 4.86. The van der Waals surface area contributed by atoms with E-state index < -0.39 is 0 Å². The van der Waals surface area contributed by atoms with E-state index in [4.69, 9.17) is 22.3 Å². The second kappa shape index (κ2) is 7.35. The highest BCUT2D eigenvalue weighted by Crippen LogP contribution is 2.58. The van der Waals surface area contributed by atoms with Crippen LogP contribution in [0.3, 0.4) is 0 Å². The van der Waals surface area contributed by atoms with Crippen molar-refractivity contribution in [2.75, 3.05) is 5.73 Å². The molecule has 1 aromatic carbocycles. The average Bonchev–Trinajstić information content (AvgIpc) is 2.94. The number of aromatic amines is 1. The van der Waals surface area contributed by atoms with Crippen LogP contribution in [0.4, 0.5) is 5.95 Å². The van der Waals surface area contributed by atoms with Crippen LogP contribution in [0.2, 0.25) is 5.02 Å². The van der Waals surface area contributed by atoms with E-state index in [9.17, 15) is 0 Å². The summed E-state index contributed by atoms with van der Waals surface area (Å²) >= 11 is 6.33. The van der Waals surface area contributed by atoms with Crippen molar-refractivity contribution in [3.8, 4) is 5.69 Å². The smallest absolute Gasteiger partial charge is 0.197 e. The number of nitrogens with zero attached hydrogens (tertiary/aromatic N) is 4. The maximum Gasteiger partial charge on any atom is 0.197 e. The molecule has 144 valence electrons. The Bertz CT molecular complexity index is 908. The summed E-state index contributed by atoms with van der Waals surface area (Å²) in [6.45, 7) is 10.7. The molecule has 0 spiro atoms. The zero-order valence-corrected chi connectivity index (χ0v) is 17.2. The third-order valence-electron chi connectivity index (χ3n) is 4.79. The highest BCUT2D eigenvalue weighted by Gasteiger charge is 2.50. The van der Waals surface area contributed by atoms with Gasteiger partial charge >= 0.3 is 0 Å². The zero-order chi connectivity index (χ0) is 19.8. The Morgan fingerprint density at radius 3 is 2.41 bits per heavy atom. The first-order valence-electron chi connectivity index (χ1n) is 9.18. The Morgan fingerprint density at radius 2 is 1.96 bits per heavy atom. The number of aromatic nitrogens is 5. The summed E-state index contributed by atoms with van der Waals surface area (Å²) in [6.07, 6.45) is 2.85. The highest BCUT2D eigenvalue weighted by molar-refractivity contribution is 6.32. The fraction of sp³-hybridized carbons (Fsp3) is 0.450. The number of hydrogen-bond donors (Lipinski definition) is 2. The minimum atomic E-state index is 0.319.